The maximum atomic E-state index is 13.7. The molecule has 2 N–H and O–H groups in total. The highest BCUT2D eigenvalue weighted by Crippen LogP contribution is 2.44. The summed E-state index contributed by atoms with van der Waals surface area (Å²) >= 11 is 6.31. The van der Waals surface area contributed by atoms with Gasteiger partial charge in [0, 0.05) is 67.3 Å². The second-order valence-corrected chi connectivity index (χ2v) is 10.2. The van der Waals surface area contributed by atoms with Crippen LogP contribution in [0.1, 0.15) is 22.9 Å². The van der Waals surface area contributed by atoms with Crippen molar-refractivity contribution in [3.63, 3.8) is 0 Å². The number of urea groups is 1. The number of benzene rings is 2. The molecule has 35 heavy (non-hydrogen) atoms. The first-order valence-corrected chi connectivity index (χ1v) is 12.4. The molecule has 3 aromatic rings. The van der Waals surface area contributed by atoms with Gasteiger partial charge in [-0.3, -0.25) is 19.5 Å². The normalized spacial score (nSPS) is 23.3. The number of imide groups is 1. The molecule has 2 unspecified atom stereocenters. The SMILES string of the molecule is CN1CCN(CCN2C(=O)C3Cc4c([nH]c5ccc(Cl)cc45)C(c4cccc(O)c4)N3C2=O)CC1. The van der Waals surface area contributed by atoms with Crippen LogP contribution in [-0.2, 0) is 11.2 Å². The number of nitrogens with one attached hydrogen (secondary N) is 1. The molecule has 2 saturated heterocycles. The van der Waals surface area contributed by atoms with Crippen LogP contribution in [-0.4, -0.2) is 94.0 Å². The highest BCUT2D eigenvalue weighted by atomic mass is 35.5. The Morgan fingerprint density at radius 1 is 1.06 bits per heavy atom. The van der Waals surface area contributed by atoms with E-state index in [1.807, 2.05) is 24.3 Å². The molecule has 0 bridgehead atoms. The minimum Gasteiger partial charge on any atom is -0.508 e. The highest BCUT2D eigenvalue weighted by Gasteiger charge is 2.52. The van der Waals surface area contributed by atoms with Crippen LogP contribution in [0, 0.1) is 0 Å². The molecule has 2 fully saturated rings. The van der Waals surface area contributed by atoms with E-state index in [0.717, 1.165) is 53.9 Å². The molecule has 6 rings (SSSR count). The van der Waals surface area contributed by atoms with Crippen molar-refractivity contribution in [3.8, 4) is 5.75 Å². The molecular weight excluding hydrogens is 466 g/mol. The Morgan fingerprint density at radius 2 is 1.86 bits per heavy atom. The topological polar surface area (TPSA) is 83.1 Å². The number of likely N-dealkylation sites (N-methyl/N-ethyl adjacent to an activating group) is 1. The lowest BCUT2D eigenvalue weighted by Crippen LogP contribution is -2.47. The van der Waals surface area contributed by atoms with Crippen LogP contribution < -0.4 is 0 Å². The summed E-state index contributed by atoms with van der Waals surface area (Å²) in [6.45, 7) is 4.89. The Morgan fingerprint density at radius 3 is 2.63 bits per heavy atom. The van der Waals surface area contributed by atoms with Crippen molar-refractivity contribution in [2.75, 3.05) is 46.3 Å². The van der Waals surface area contributed by atoms with Gasteiger partial charge in [0.2, 0.25) is 0 Å². The van der Waals surface area contributed by atoms with Crippen LogP contribution >= 0.6 is 11.6 Å². The standard InChI is InChI=1S/C26H28ClN5O3/c1-29-7-9-30(10-8-29)11-12-31-25(34)22-15-20-19-14-17(27)5-6-21(19)28-23(20)24(32(22)26(31)35)16-3-2-4-18(33)13-16/h2-6,13-14,22,24,28,33H,7-12,15H2,1H3. The van der Waals surface area contributed by atoms with Crippen molar-refractivity contribution in [2.45, 2.75) is 18.5 Å². The molecule has 3 amide bonds. The van der Waals surface area contributed by atoms with Crippen LogP contribution in [0.4, 0.5) is 4.79 Å². The van der Waals surface area contributed by atoms with E-state index in [2.05, 4.69) is 21.8 Å². The molecule has 182 valence electrons. The minimum absolute atomic E-state index is 0.121. The molecule has 0 saturated carbocycles. The number of H-pyrrole nitrogens is 1. The first-order chi connectivity index (χ1) is 16.9. The van der Waals surface area contributed by atoms with Gasteiger partial charge in [0.15, 0.2) is 0 Å². The predicted octanol–water partition coefficient (Wildman–Crippen LogP) is 3.05. The summed E-state index contributed by atoms with van der Waals surface area (Å²) in [6, 6.07) is 11.2. The fourth-order valence-electron chi connectivity index (χ4n) is 5.71. The third-order valence-electron chi connectivity index (χ3n) is 7.61. The summed E-state index contributed by atoms with van der Waals surface area (Å²) in [5, 5.41) is 11.8. The first-order valence-electron chi connectivity index (χ1n) is 12.0. The second-order valence-electron chi connectivity index (χ2n) is 9.75. The molecule has 0 spiro atoms. The number of phenols is 1. The van der Waals surface area contributed by atoms with Crippen molar-refractivity contribution >= 4 is 34.4 Å². The maximum absolute atomic E-state index is 13.7. The average Bonchev–Trinajstić information content (AvgIpc) is 3.32. The zero-order valence-corrected chi connectivity index (χ0v) is 20.3. The number of hydrogen-bond acceptors (Lipinski definition) is 5. The summed E-state index contributed by atoms with van der Waals surface area (Å²) in [6.07, 6.45) is 0.431. The van der Waals surface area contributed by atoms with Crippen molar-refractivity contribution in [2.24, 2.45) is 0 Å². The van der Waals surface area contributed by atoms with E-state index in [1.165, 1.54) is 4.90 Å². The Balaban J connectivity index is 1.37. The number of fused-ring (bicyclic) bond motifs is 4. The molecule has 1 aromatic heterocycles. The van der Waals surface area contributed by atoms with Gasteiger partial charge in [-0.1, -0.05) is 23.7 Å². The van der Waals surface area contributed by atoms with Crippen LogP contribution in [0.5, 0.6) is 5.75 Å². The number of hydrogen-bond donors (Lipinski definition) is 2. The number of nitrogens with zero attached hydrogens (tertiary/aromatic N) is 4. The van der Waals surface area contributed by atoms with Gasteiger partial charge in [-0.05, 0) is 48.5 Å². The lowest BCUT2D eigenvalue weighted by atomic mass is 9.89. The monoisotopic (exact) mass is 493 g/mol. The van der Waals surface area contributed by atoms with E-state index in [-0.39, 0.29) is 17.7 Å². The van der Waals surface area contributed by atoms with E-state index in [9.17, 15) is 14.7 Å². The van der Waals surface area contributed by atoms with Crippen molar-refractivity contribution in [3.05, 3.63) is 64.3 Å². The van der Waals surface area contributed by atoms with Crippen molar-refractivity contribution in [1.82, 2.24) is 24.6 Å². The summed E-state index contributed by atoms with van der Waals surface area (Å²) in [5.74, 6) is -0.0356. The smallest absolute Gasteiger partial charge is 0.328 e. The van der Waals surface area contributed by atoms with Gasteiger partial charge in [0.25, 0.3) is 5.91 Å². The zero-order chi connectivity index (χ0) is 24.3. The van der Waals surface area contributed by atoms with Gasteiger partial charge >= 0.3 is 6.03 Å². The Labute approximate surface area is 208 Å². The fraction of sp³-hybridized carbons (Fsp3) is 0.385. The van der Waals surface area contributed by atoms with Gasteiger partial charge in [0.1, 0.15) is 17.8 Å². The van der Waals surface area contributed by atoms with E-state index in [1.54, 1.807) is 23.1 Å². The number of phenolic OH excluding ortho intramolecular Hbond substituents is 1. The van der Waals surface area contributed by atoms with E-state index >= 15 is 0 Å². The Hall–Kier alpha value is -3.07. The predicted molar refractivity (Wildman–Crippen MR) is 134 cm³/mol. The molecular formula is C26H28ClN5O3. The fourth-order valence-corrected chi connectivity index (χ4v) is 5.88. The number of carbonyl (C=O) groups excluding carboxylic acids is 2. The van der Waals surface area contributed by atoms with Gasteiger partial charge in [-0.25, -0.2) is 4.79 Å². The molecule has 3 aliphatic rings. The molecule has 2 aromatic carbocycles. The van der Waals surface area contributed by atoms with Gasteiger partial charge in [-0.15, -0.1) is 0 Å². The Kier molecular flexibility index (Phi) is 5.47. The number of piperazine rings is 1. The Bertz CT molecular complexity index is 1320. The van der Waals surface area contributed by atoms with Crippen molar-refractivity contribution < 1.29 is 14.7 Å². The minimum atomic E-state index is -0.590. The summed E-state index contributed by atoms with van der Waals surface area (Å²) in [7, 11) is 2.11. The summed E-state index contributed by atoms with van der Waals surface area (Å²) in [4.78, 5) is 38.5. The molecule has 8 nitrogen and oxygen atoms in total. The highest BCUT2D eigenvalue weighted by molar-refractivity contribution is 6.31. The molecule has 9 heteroatoms. The van der Waals surface area contributed by atoms with Crippen LogP contribution in [0.2, 0.25) is 5.02 Å². The van der Waals surface area contributed by atoms with Crippen LogP contribution in [0.25, 0.3) is 10.9 Å². The molecule has 3 aliphatic heterocycles. The molecule has 2 atom stereocenters. The number of aromatic nitrogens is 1. The maximum Gasteiger partial charge on any atom is 0.328 e. The number of halogens is 1. The average molecular weight is 494 g/mol. The van der Waals surface area contributed by atoms with Crippen molar-refractivity contribution in [1.29, 1.82) is 0 Å². The van der Waals surface area contributed by atoms with E-state index in [0.29, 0.717) is 24.5 Å². The number of aromatic hydroxyl groups is 1. The van der Waals surface area contributed by atoms with Gasteiger partial charge < -0.3 is 15.0 Å². The second kappa shape index (κ2) is 8.55. The van der Waals surface area contributed by atoms with E-state index in [4.69, 9.17) is 11.6 Å². The number of carbonyl (C=O) groups is 2. The van der Waals surface area contributed by atoms with Crippen LogP contribution in [0.15, 0.2) is 42.5 Å². The lowest BCUT2D eigenvalue weighted by Gasteiger charge is -2.36. The van der Waals surface area contributed by atoms with Gasteiger partial charge in [-0.2, -0.15) is 0 Å². The zero-order valence-electron chi connectivity index (χ0n) is 19.6. The third kappa shape index (κ3) is 3.76. The van der Waals surface area contributed by atoms with Gasteiger partial charge in [0.05, 0.1) is 0 Å². The number of rotatable bonds is 4. The largest absolute Gasteiger partial charge is 0.508 e. The third-order valence-corrected chi connectivity index (χ3v) is 7.85. The quantitative estimate of drug-likeness (QED) is 0.546. The van der Waals surface area contributed by atoms with Crippen LogP contribution in [0.3, 0.4) is 0 Å². The summed E-state index contributed by atoms with van der Waals surface area (Å²) < 4.78 is 0. The lowest BCUT2D eigenvalue weighted by molar-refractivity contribution is -0.128. The first kappa shape index (κ1) is 22.4. The van der Waals surface area contributed by atoms with E-state index < -0.39 is 12.1 Å². The summed E-state index contributed by atoms with van der Waals surface area (Å²) in [5.41, 5.74) is 3.54. The number of aromatic amines is 1. The molecule has 4 heterocycles. The molecule has 0 aliphatic carbocycles. The molecule has 0 radical (unpaired) electrons. The number of amides is 3.